The topological polar surface area (TPSA) is 39.1 Å². The normalized spacial score (nSPS) is 21.4. The Morgan fingerprint density at radius 1 is 1.71 bits per heavy atom. The SMILES string of the molecule is CCc1cc(OC)n(C2CCNC2)n1. The number of rotatable bonds is 3. The fraction of sp³-hybridized carbons (Fsp3) is 0.700. The molecule has 0 amide bonds. The lowest BCUT2D eigenvalue weighted by atomic mass is 10.3. The number of ether oxygens (including phenoxy) is 1. The van der Waals surface area contributed by atoms with Gasteiger partial charge in [0.05, 0.1) is 18.8 Å². The lowest BCUT2D eigenvalue weighted by Gasteiger charge is -2.11. The summed E-state index contributed by atoms with van der Waals surface area (Å²) in [6, 6.07) is 2.49. The van der Waals surface area contributed by atoms with E-state index >= 15 is 0 Å². The van der Waals surface area contributed by atoms with E-state index in [-0.39, 0.29) is 0 Å². The smallest absolute Gasteiger partial charge is 0.212 e. The maximum atomic E-state index is 5.31. The first-order valence-electron chi connectivity index (χ1n) is 5.18. The summed E-state index contributed by atoms with van der Waals surface area (Å²) < 4.78 is 7.33. The fourth-order valence-electron chi connectivity index (χ4n) is 1.86. The zero-order valence-corrected chi connectivity index (χ0v) is 8.79. The summed E-state index contributed by atoms with van der Waals surface area (Å²) in [5.41, 5.74) is 1.11. The van der Waals surface area contributed by atoms with Crippen LogP contribution in [0.4, 0.5) is 0 Å². The maximum absolute atomic E-state index is 5.31. The van der Waals surface area contributed by atoms with Crippen LogP contribution in [0.5, 0.6) is 5.88 Å². The molecule has 0 aromatic carbocycles. The molecule has 1 N–H and O–H groups in total. The summed E-state index contributed by atoms with van der Waals surface area (Å²) in [6.07, 6.45) is 2.10. The zero-order valence-electron chi connectivity index (χ0n) is 8.79. The van der Waals surface area contributed by atoms with E-state index in [9.17, 15) is 0 Å². The predicted molar refractivity (Wildman–Crippen MR) is 54.7 cm³/mol. The molecule has 1 unspecified atom stereocenters. The summed E-state index contributed by atoms with van der Waals surface area (Å²) in [5, 5.41) is 7.87. The third-order valence-corrected chi connectivity index (χ3v) is 2.70. The molecule has 1 atom stereocenters. The van der Waals surface area contributed by atoms with Crippen molar-refractivity contribution in [2.75, 3.05) is 20.2 Å². The molecule has 4 nitrogen and oxygen atoms in total. The number of aryl methyl sites for hydroxylation is 1. The Kier molecular flexibility index (Phi) is 2.72. The van der Waals surface area contributed by atoms with Crippen molar-refractivity contribution < 1.29 is 4.74 Å². The molecule has 1 aromatic heterocycles. The first kappa shape index (κ1) is 9.52. The van der Waals surface area contributed by atoms with Crippen molar-refractivity contribution in [3.63, 3.8) is 0 Å². The molecule has 0 saturated carbocycles. The van der Waals surface area contributed by atoms with Crippen LogP contribution in [-0.4, -0.2) is 30.0 Å². The number of nitrogens with zero attached hydrogens (tertiary/aromatic N) is 2. The fourth-order valence-corrected chi connectivity index (χ4v) is 1.86. The van der Waals surface area contributed by atoms with Gasteiger partial charge in [-0.05, 0) is 19.4 Å². The Hall–Kier alpha value is -1.03. The Balaban J connectivity index is 2.25. The second-order valence-corrected chi connectivity index (χ2v) is 3.62. The van der Waals surface area contributed by atoms with Crippen molar-refractivity contribution in [3.8, 4) is 5.88 Å². The third-order valence-electron chi connectivity index (χ3n) is 2.70. The van der Waals surface area contributed by atoms with E-state index in [1.165, 1.54) is 0 Å². The molecule has 78 valence electrons. The molecule has 0 aliphatic carbocycles. The van der Waals surface area contributed by atoms with Gasteiger partial charge in [0.25, 0.3) is 0 Å². The largest absolute Gasteiger partial charge is 0.481 e. The van der Waals surface area contributed by atoms with Crippen LogP contribution in [0.2, 0.25) is 0 Å². The molecular formula is C10H17N3O. The first-order chi connectivity index (χ1) is 6.85. The molecule has 14 heavy (non-hydrogen) atoms. The van der Waals surface area contributed by atoms with Crippen molar-refractivity contribution in [1.29, 1.82) is 0 Å². The monoisotopic (exact) mass is 195 g/mol. The van der Waals surface area contributed by atoms with Crippen LogP contribution in [0.15, 0.2) is 6.07 Å². The minimum Gasteiger partial charge on any atom is -0.481 e. The average Bonchev–Trinajstić information content (AvgIpc) is 2.85. The molecule has 2 rings (SSSR count). The number of hydrogen-bond acceptors (Lipinski definition) is 3. The summed E-state index contributed by atoms with van der Waals surface area (Å²) >= 11 is 0. The van der Waals surface area contributed by atoms with Crippen LogP contribution in [0, 0.1) is 0 Å². The van der Waals surface area contributed by atoms with E-state index in [1.807, 2.05) is 10.7 Å². The standard InChI is InChI=1S/C10H17N3O/c1-3-8-6-10(14-2)13(12-8)9-4-5-11-7-9/h6,9,11H,3-5,7H2,1-2H3. The Morgan fingerprint density at radius 2 is 2.57 bits per heavy atom. The van der Waals surface area contributed by atoms with Gasteiger partial charge in [0, 0.05) is 12.6 Å². The maximum Gasteiger partial charge on any atom is 0.212 e. The highest BCUT2D eigenvalue weighted by Crippen LogP contribution is 2.23. The van der Waals surface area contributed by atoms with Crippen LogP contribution in [0.25, 0.3) is 0 Å². The van der Waals surface area contributed by atoms with Crippen LogP contribution >= 0.6 is 0 Å². The molecule has 1 aliphatic heterocycles. The van der Waals surface area contributed by atoms with Gasteiger partial charge in [-0.25, -0.2) is 4.68 Å². The summed E-state index contributed by atoms with van der Waals surface area (Å²) in [4.78, 5) is 0. The second-order valence-electron chi connectivity index (χ2n) is 3.62. The van der Waals surface area contributed by atoms with Crippen LogP contribution < -0.4 is 10.1 Å². The second kappa shape index (κ2) is 4.00. The molecule has 0 radical (unpaired) electrons. The highest BCUT2D eigenvalue weighted by atomic mass is 16.5. The van der Waals surface area contributed by atoms with E-state index < -0.39 is 0 Å². The molecule has 4 heteroatoms. The summed E-state index contributed by atoms with van der Waals surface area (Å²) in [5.74, 6) is 0.885. The first-order valence-corrected chi connectivity index (χ1v) is 5.18. The van der Waals surface area contributed by atoms with Gasteiger partial charge in [-0.1, -0.05) is 6.92 Å². The molecular weight excluding hydrogens is 178 g/mol. The van der Waals surface area contributed by atoms with Crippen molar-refractivity contribution >= 4 is 0 Å². The highest BCUT2D eigenvalue weighted by Gasteiger charge is 2.20. The molecule has 1 aliphatic rings. The molecule has 2 heterocycles. The van der Waals surface area contributed by atoms with Gasteiger partial charge >= 0.3 is 0 Å². The van der Waals surface area contributed by atoms with Crippen molar-refractivity contribution in [3.05, 3.63) is 11.8 Å². The zero-order chi connectivity index (χ0) is 9.97. The average molecular weight is 195 g/mol. The summed E-state index contributed by atoms with van der Waals surface area (Å²) in [7, 11) is 1.70. The van der Waals surface area contributed by atoms with E-state index in [0.29, 0.717) is 6.04 Å². The number of hydrogen-bond donors (Lipinski definition) is 1. The molecule has 1 fully saturated rings. The van der Waals surface area contributed by atoms with E-state index in [4.69, 9.17) is 4.74 Å². The minimum atomic E-state index is 0.463. The Bertz CT molecular complexity index is 302. The lowest BCUT2D eigenvalue weighted by Crippen LogP contribution is -2.15. The Labute approximate surface area is 84.3 Å². The van der Waals surface area contributed by atoms with Gasteiger partial charge in [-0.3, -0.25) is 0 Å². The molecule has 0 spiro atoms. The van der Waals surface area contributed by atoms with Gasteiger partial charge in [0.15, 0.2) is 0 Å². The Morgan fingerprint density at radius 3 is 3.14 bits per heavy atom. The molecule has 1 aromatic rings. The van der Waals surface area contributed by atoms with Gasteiger partial charge < -0.3 is 10.1 Å². The molecule has 1 saturated heterocycles. The van der Waals surface area contributed by atoms with Crippen LogP contribution in [0.3, 0.4) is 0 Å². The van der Waals surface area contributed by atoms with E-state index in [1.54, 1.807) is 7.11 Å². The van der Waals surface area contributed by atoms with E-state index in [0.717, 1.165) is 37.5 Å². The quantitative estimate of drug-likeness (QED) is 0.781. The molecule has 0 bridgehead atoms. The van der Waals surface area contributed by atoms with Crippen LogP contribution in [0.1, 0.15) is 25.1 Å². The van der Waals surface area contributed by atoms with Gasteiger partial charge in [-0.2, -0.15) is 5.10 Å². The van der Waals surface area contributed by atoms with Crippen molar-refractivity contribution in [1.82, 2.24) is 15.1 Å². The number of nitrogens with one attached hydrogen (secondary N) is 1. The summed E-state index contributed by atoms with van der Waals surface area (Å²) in [6.45, 7) is 4.19. The van der Waals surface area contributed by atoms with Crippen molar-refractivity contribution in [2.45, 2.75) is 25.8 Å². The third kappa shape index (κ3) is 1.62. The van der Waals surface area contributed by atoms with Crippen molar-refractivity contribution in [2.24, 2.45) is 0 Å². The van der Waals surface area contributed by atoms with Gasteiger partial charge in [0.1, 0.15) is 0 Å². The number of methoxy groups -OCH3 is 1. The predicted octanol–water partition coefficient (Wildman–Crippen LogP) is 0.988. The highest BCUT2D eigenvalue weighted by molar-refractivity contribution is 5.17. The van der Waals surface area contributed by atoms with Gasteiger partial charge in [0.2, 0.25) is 5.88 Å². The lowest BCUT2D eigenvalue weighted by molar-refractivity contribution is 0.337. The van der Waals surface area contributed by atoms with E-state index in [2.05, 4.69) is 17.3 Å². The number of aromatic nitrogens is 2. The van der Waals surface area contributed by atoms with Gasteiger partial charge in [-0.15, -0.1) is 0 Å². The minimum absolute atomic E-state index is 0.463. The van der Waals surface area contributed by atoms with Crippen LogP contribution in [-0.2, 0) is 6.42 Å².